The Morgan fingerprint density at radius 2 is 1.61 bits per heavy atom. The van der Waals surface area contributed by atoms with Crippen LogP contribution in [0.2, 0.25) is 0 Å². The fraction of sp³-hybridized carbons (Fsp3) is 0.280. The molecule has 0 saturated carbocycles. The smallest absolute Gasteiger partial charge is 0.231 e. The quantitative estimate of drug-likeness (QED) is 0.574. The van der Waals surface area contributed by atoms with Crippen molar-refractivity contribution < 1.29 is 18.6 Å². The van der Waals surface area contributed by atoms with Crippen molar-refractivity contribution in [2.75, 3.05) is 26.5 Å². The molecule has 0 spiro atoms. The maximum atomic E-state index is 13.2. The Labute approximate surface area is 187 Å². The molecule has 3 aromatic carbocycles. The standard InChI is InChI=1S/C25H24FNO3.ClH/c26-21-7-5-18(6-8-21)17-1-3-19(4-2-17)23-11-12-27-14-20(23)15-28-22-9-10-24-25(13-22)30-16-29-24;/h1-10,13,20,23,27H,11-12,14-16H2;1H/t20-,23-;/m0./s1. The summed E-state index contributed by atoms with van der Waals surface area (Å²) in [5.41, 5.74) is 3.44. The normalized spacial score (nSPS) is 19.5. The molecule has 2 atom stereocenters. The maximum absolute atomic E-state index is 13.2. The van der Waals surface area contributed by atoms with Crippen LogP contribution in [-0.4, -0.2) is 26.5 Å². The summed E-state index contributed by atoms with van der Waals surface area (Å²) in [4.78, 5) is 0. The minimum Gasteiger partial charge on any atom is -0.493 e. The van der Waals surface area contributed by atoms with Crippen molar-refractivity contribution in [3.05, 3.63) is 78.1 Å². The number of ether oxygens (including phenoxy) is 3. The first-order valence-electron chi connectivity index (χ1n) is 10.4. The van der Waals surface area contributed by atoms with Crippen LogP contribution in [0.3, 0.4) is 0 Å². The summed E-state index contributed by atoms with van der Waals surface area (Å²) < 4.78 is 30.1. The third-order valence-corrected chi connectivity index (χ3v) is 5.93. The van der Waals surface area contributed by atoms with Crippen LogP contribution in [0, 0.1) is 11.7 Å². The van der Waals surface area contributed by atoms with Gasteiger partial charge in [0.2, 0.25) is 6.79 Å². The highest BCUT2D eigenvalue weighted by Gasteiger charge is 2.27. The molecule has 4 nitrogen and oxygen atoms in total. The molecular formula is C25H25ClFNO3. The Hall–Kier alpha value is -2.76. The molecule has 2 aliphatic rings. The molecule has 1 saturated heterocycles. The minimum atomic E-state index is -0.213. The second kappa shape index (κ2) is 9.58. The second-order valence-electron chi connectivity index (χ2n) is 7.81. The zero-order valence-corrected chi connectivity index (χ0v) is 17.9. The summed E-state index contributed by atoms with van der Waals surface area (Å²) in [7, 11) is 0. The van der Waals surface area contributed by atoms with E-state index in [1.807, 2.05) is 30.3 Å². The maximum Gasteiger partial charge on any atom is 0.231 e. The molecule has 162 valence electrons. The van der Waals surface area contributed by atoms with Gasteiger partial charge in [0.1, 0.15) is 11.6 Å². The first-order chi connectivity index (χ1) is 14.8. The first-order valence-corrected chi connectivity index (χ1v) is 10.4. The molecule has 2 aliphatic heterocycles. The lowest BCUT2D eigenvalue weighted by atomic mass is 9.81. The van der Waals surface area contributed by atoms with Gasteiger partial charge in [-0.3, -0.25) is 0 Å². The van der Waals surface area contributed by atoms with Gasteiger partial charge in [0.05, 0.1) is 6.61 Å². The largest absolute Gasteiger partial charge is 0.493 e. The summed E-state index contributed by atoms with van der Waals surface area (Å²) in [5.74, 6) is 2.90. The molecule has 3 aromatic rings. The van der Waals surface area contributed by atoms with Crippen molar-refractivity contribution in [2.24, 2.45) is 5.92 Å². The lowest BCUT2D eigenvalue weighted by Gasteiger charge is -2.32. The Balaban J connectivity index is 0.00000231. The molecule has 31 heavy (non-hydrogen) atoms. The van der Waals surface area contributed by atoms with Crippen molar-refractivity contribution in [1.29, 1.82) is 0 Å². The SMILES string of the molecule is Cl.Fc1ccc(-c2ccc([C@@H]3CCNC[C@H]3COc3ccc4c(c3)OCO4)cc2)cc1. The average Bonchev–Trinajstić information content (AvgIpc) is 3.27. The van der Waals surface area contributed by atoms with E-state index in [1.165, 1.54) is 17.7 Å². The number of hydrogen-bond donors (Lipinski definition) is 1. The predicted molar refractivity (Wildman–Crippen MR) is 121 cm³/mol. The van der Waals surface area contributed by atoms with Gasteiger partial charge in [0, 0.05) is 18.5 Å². The Morgan fingerprint density at radius 1 is 0.903 bits per heavy atom. The van der Waals surface area contributed by atoms with Gasteiger partial charge in [-0.25, -0.2) is 4.39 Å². The van der Waals surface area contributed by atoms with E-state index in [9.17, 15) is 4.39 Å². The number of rotatable bonds is 5. The molecule has 0 aliphatic carbocycles. The third-order valence-electron chi connectivity index (χ3n) is 5.93. The summed E-state index contributed by atoms with van der Waals surface area (Å²) >= 11 is 0. The van der Waals surface area contributed by atoms with Gasteiger partial charge in [-0.15, -0.1) is 12.4 Å². The molecule has 0 aromatic heterocycles. The van der Waals surface area contributed by atoms with E-state index in [0.29, 0.717) is 18.4 Å². The number of nitrogens with one attached hydrogen (secondary N) is 1. The van der Waals surface area contributed by atoms with Gasteiger partial charge in [0.15, 0.2) is 11.5 Å². The topological polar surface area (TPSA) is 39.7 Å². The molecule has 0 amide bonds. The van der Waals surface area contributed by atoms with Crippen molar-refractivity contribution in [2.45, 2.75) is 12.3 Å². The highest BCUT2D eigenvalue weighted by atomic mass is 35.5. The van der Waals surface area contributed by atoms with Crippen molar-refractivity contribution >= 4 is 12.4 Å². The second-order valence-corrected chi connectivity index (χ2v) is 7.81. The molecule has 1 N–H and O–H groups in total. The monoisotopic (exact) mass is 441 g/mol. The molecule has 6 heteroatoms. The van der Waals surface area contributed by atoms with Crippen LogP contribution in [0.1, 0.15) is 17.9 Å². The lowest BCUT2D eigenvalue weighted by molar-refractivity contribution is 0.173. The fourth-order valence-corrected chi connectivity index (χ4v) is 4.27. The molecule has 0 bridgehead atoms. The van der Waals surface area contributed by atoms with Crippen LogP contribution in [0.25, 0.3) is 11.1 Å². The van der Waals surface area contributed by atoms with E-state index in [2.05, 4.69) is 29.6 Å². The molecule has 1 fully saturated rings. The minimum absolute atomic E-state index is 0. The summed E-state index contributed by atoms with van der Waals surface area (Å²) in [6, 6.07) is 21.0. The van der Waals surface area contributed by atoms with E-state index < -0.39 is 0 Å². The zero-order valence-electron chi connectivity index (χ0n) is 17.1. The molecule has 0 unspecified atom stereocenters. The number of halogens is 2. The van der Waals surface area contributed by atoms with Crippen molar-refractivity contribution in [3.63, 3.8) is 0 Å². The molecule has 2 heterocycles. The number of benzene rings is 3. The van der Waals surface area contributed by atoms with Crippen molar-refractivity contribution in [1.82, 2.24) is 5.32 Å². The van der Waals surface area contributed by atoms with E-state index in [1.54, 1.807) is 0 Å². The van der Waals surface area contributed by atoms with Gasteiger partial charge >= 0.3 is 0 Å². The van der Waals surface area contributed by atoms with E-state index in [-0.39, 0.29) is 25.0 Å². The predicted octanol–water partition coefficient (Wildman–Crippen LogP) is 5.42. The number of fused-ring (bicyclic) bond motifs is 1. The highest BCUT2D eigenvalue weighted by Crippen LogP contribution is 2.36. The van der Waals surface area contributed by atoms with E-state index in [4.69, 9.17) is 14.2 Å². The van der Waals surface area contributed by atoms with Gasteiger partial charge in [-0.05, 0) is 59.8 Å². The number of piperidine rings is 1. The fourth-order valence-electron chi connectivity index (χ4n) is 4.27. The Morgan fingerprint density at radius 3 is 2.39 bits per heavy atom. The van der Waals surface area contributed by atoms with Gasteiger partial charge in [-0.2, -0.15) is 0 Å². The summed E-state index contributed by atoms with van der Waals surface area (Å²) in [6.07, 6.45) is 1.07. The Bertz CT molecular complexity index is 1010. The first kappa shape index (κ1) is 21.5. The Kier molecular flexibility index (Phi) is 6.64. The highest BCUT2D eigenvalue weighted by molar-refractivity contribution is 5.85. The van der Waals surface area contributed by atoms with Crippen LogP contribution >= 0.6 is 12.4 Å². The molecule has 0 radical (unpaired) electrons. The van der Waals surface area contributed by atoms with Crippen LogP contribution in [0.5, 0.6) is 17.2 Å². The van der Waals surface area contributed by atoms with Crippen LogP contribution < -0.4 is 19.5 Å². The zero-order chi connectivity index (χ0) is 20.3. The van der Waals surface area contributed by atoms with Crippen LogP contribution in [0.15, 0.2) is 66.7 Å². The van der Waals surface area contributed by atoms with Gasteiger partial charge in [0.25, 0.3) is 0 Å². The van der Waals surface area contributed by atoms with Gasteiger partial charge in [-0.1, -0.05) is 36.4 Å². The number of hydrogen-bond acceptors (Lipinski definition) is 4. The average molecular weight is 442 g/mol. The van der Waals surface area contributed by atoms with Crippen LogP contribution in [-0.2, 0) is 0 Å². The van der Waals surface area contributed by atoms with E-state index in [0.717, 1.165) is 47.9 Å². The summed E-state index contributed by atoms with van der Waals surface area (Å²) in [5, 5.41) is 3.49. The molecule has 5 rings (SSSR count). The van der Waals surface area contributed by atoms with Crippen molar-refractivity contribution in [3.8, 4) is 28.4 Å². The van der Waals surface area contributed by atoms with Crippen LogP contribution in [0.4, 0.5) is 4.39 Å². The van der Waals surface area contributed by atoms with E-state index >= 15 is 0 Å². The summed E-state index contributed by atoms with van der Waals surface area (Å²) in [6.45, 7) is 2.83. The molecular weight excluding hydrogens is 417 g/mol. The van der Waals surface area contributed by atoms with Gasteiger partial charge < -0.3 is 19.5 Å². The third kappa shape index (κ3) is 4.78. The lowest BCUT2D eigenvalue weighted by Crippen LogP contribution is -2.38.